The quantitative estimate of drug-likeness (QED) is 0.886. The third-order valence-electron chi connectivity index (χ3n) is 2.70. The van der Waals surface area contributed by atoms with E-state index < -0.39 is 6.10 Å². The predicted molar refractivity (Wildman–Crippen MR) is 64.2 cm³/mol. The minimum Gasteiger partial charge on any atom is -0.482 e. The maximum atomic E-state index is 11.7. The Morgan fingerprint density at radius 1 is 1.53 bits per heavy atom. The maximum absolute atomic E-state index is 11.7. The number of rotatable bonds is 3. The minimum absolute atomic E-state index is 0.0452. The first kappa shape index (κ1) is 12.2. The largest absolute Gasteiger partial charge is 0.482 e. The molecule has 1 atom stereocenters. The molecule has 1 aliphatic rings. The van der Waals surface area contributed by atoms with Crippen LogP contribution in [0, 0.1) is 0 Å². The lowest BCUT2D eigenvalue weighted by Gasteiger charge is -2.16. The lowest BCUT2D eigenvalue weighted by Crippen LogP contribution is -2.33. The van der Waals surface area contributed by atoms with E-state index in [-0.39, 0.29) is 12.5 Å². The van der Waals surface area contributed by atoms with Crippen LogP contribution < -0.4 is 4.74 Å². The zero-order chi connectivity index (χ0) is 12.3. The molecule has 1 aliphatic heterocycles. The van der Waals surface area contributed by atoms with Gasteiger partial charge in [0.2, 0.25) is 0 Å². The fraction of sp³-hybridized carbons (Fsp3) is 0.417. The number of aliphatic hydroxyl groups excluding tert-OH is 1. The van der Waals surface area contributed by atoms with Crippen LogP contribution in [0.5, 0.6) is 5.75 Å². The van der Waals surface area contributed by atoms with Crippen molar-refractivity contribution < 1.29 is 14.6 Å². The van der Waals surface area contributed by atoms with Gasteiger partial charge in [0.1, 0.15) is 5.75 Å². The highest BCUT2D eigenvalue weighted by atomic mass is 35.5. The molecule has 1 amide bonds. The van der Waals surface area contributed by atoms with Crippen LogP contribution in [-0.2, 0) is 4.79 Å². The molecule has 0 spiro atoms. The molecule has 1 heterocycles. The van der Waals surface area contributed by atoms with Crippen LogP contribution in [0.15, 0.2) is 24.3 Å². The van der Waals surface area contributed by atoms with Crippen molar-refractivity contribution in [3.05, 3.63) is 29.3 Å². The van der Waals surface area contributed by atoms with Crippen LogP contribution in [0.2, 0.25) is 5.02 Å². The fourth-order valence-corrected chi connectivity index (χ4v) is 1.95. The zero-order valence-corrected chi connectivity index (χ0v) is 10.1. The van der Waals surface area contributed by atoms with Crippen molar-refractivity contribution in [2.45, 2.75) is 12.5 Å². The molecule has 2 rings (SSSR count). The fourth-order valence-electron chi connectivity index (χ4n) is 1.76. The minimum atomic E-state index is -0.403. The van der Waals surface area contributed by atoms with Gasteiger partial charge in [-0.05, 0) is 18.6 Å². The molecule has 0 radical (unpaired) electrons. The van der Waals surface area contributed by atoms with Gasteiger partial charge in [0.05, 0.1) is 11.1 Å². The van der Waals surface area contributed by atoms with Gasteiger partial charge in [0.15, 0.2) is 6.61 Å². The lowest BCUT2D eigenvalue weighted by molar-refractivity contribution is -0.132. The summed E-state index contributed by atoms with van der Waals surface area (Å²) in [6.45, 7) is 0.938. The first-order chi connectivity index (χ1) is 8.16. The number of nitrogens with zero attached hydrogens (tertiary/aromatic N) is 1. The number of carbonyl (C=O) groups excluding carboxylic acids is 1. The van der Waals surface area contributed by atoms with Gasteiger partial charge in [-0.15, -0.1) is 0 Å². The summed E-state index contributed by atoms with van der Waals surface area (Å²) in [5.41, 5.74) is 0. The number of para-hydroxylation sites is 1. The summed E-state index contributed by atoms with van der Waals surface area (Å²) < 4.78 is 5.34. The van der Waals surface area contributed by atoms with Crippen molar-refractivity contribution in [1.82, 2.24) is 4.90 Å². The number of β-amino-alcohol motifs (C(OH)–C–C–N with tert-alkyl or cyclic N) is 1. The molecule has 0 aromatic heterocycles. The number of hydrogen-bond acceptors (Lipinski definition) is 3. The number of carbonyl (C=O) groups is 1. The first-order valence-corrected chi connectivity index (χ1v) is 5.88. The molecule has 1 aromatic carbocycles. The zero-order valence-electron chi connectivity index (χ0n) is 9.30. The molecule has 5 heteroatoms. The summed E-state index contributed by atoms with van der Waals surface area (Å²) in [6, 6.07) is 7.02. The Balaban J connectivity index is 1.86. The lowest BCUT2D eigenvalue weighted by atomic mass is 10.3. The van der Waals surface area contributed by atoms with Gasteiger partial charge in [-0.2, -0.15) is 0 Å². The average Bonchev–Trinajstić information content (AvgIpc) is 2.74. The number of benzene rings is 1. The molecule has 0 unspecified atom stereocenters. The van der Waals surface area contributed by atoms with Crippen molar-refractivity contribution in [2.24, 2.45) is 0 Å². The number of halogens is 1. The number of hydrogen-bond donors (Lipinski definition) is 1. The highest BCUT2D eigenvalue weighted by molar-refractivity contribution is 6.32. The monoisotopic (exact) mass is 255 g/mol. The number of ether oxygens (including phenoxy) is 1. The molecule has 1 saturated heterocycles. The topological polar surface area (TPSA) is 49.8 Å². The maximum Gasteiger partial charge on any atom is 0.260 e. The van der Waals surface area contributed by atoms with Crippen LogP contribution in [0.25, 0.3) is 0 Å². The molecule has 0 bridgehead atoms. The molecule has 1 fully saturated rings. The summed E-state index contributed by atoms with van der Waals surface area (Å²) in [6.07, 6.45) is 0.233. The van der Waals surface area contributed by atoms with Gasteiger partial charge >= 0.3 is 0 Å². The van der Waals surface area contributed by atoms with Crippen LogP contribution >= 0.6 is 11.6 Å². The van der Waals surface area contributed by atoms with Crippen molar-refractivity contribution >= 4 is 17.5 Å². The van der Waals surface area contributed by atoms with E-state index in [1.807, 2.05) is 0 Å². The van der Waals surface area contributed by atoms with E-state index in [0.717, 1.165) is 0 Å². The standard InChI is InChI=1S/C12H14ClNO3/c13-10-3-1-2-4-11(10)17-8-12(16)14-6-5-9(15)7-14/h1-4,9,15H,5-8H2/t9-/m0/s1. The van der Waals surface area contributed by atoms with E-state index in [9.17, 15) is 9.90 Å². The van der Waals surface area contributed by atoms with E-state index in [1.165, 1.54) is 0 Å². The summed E-state index contributed by atoms with van der Waals surface area (Å²) in [7, 11) is 0. The van der Waals surface area contributed by atoms with E-state index >= 15 is 0 Å². The Hall–Kier alpha value is -1.26. The van der Waals surface area contributed by atoms with E-state index in [4.69, 9.17) is 16.3 Å². The number of aliphatic hydroxyl groups is 1. The van der Waals surface area contributed by atoms with Crippen molar-refractivity contribution in [1.29, 1.82) is 0 Å². The van der Waals surface area contributed by atoms with Crippen molar-refractivity contribution in [2.75, 3.05) is 19.7 Å². The van der Waals surface area contributed by atoms with Crippen molar-refractivity contribution in [3.63, 3.8) is 0 Å². The third kappa shape index (κ3) is 3.11. The van der Waals surface area contributed by atoms with Crippen LogP contribution in [0.1, 0.15) is 6.42 Å². The SMILES string of the molecule is O=C(COc1ccccc1Cl)N1CC[C@H](O)C1. The molecule has 1 aromatic rings. The van der Waals surface area contributed by atoms with Gasteiger partial charge in [0, 0.05) is 13.1 Å². The average molecular weight is 256 g/mol. The van der Waals surface area contributed by atoms with E-state index in [2.05, 4.69) is 0 Å². The van der Waals surface area contributed by atoms with E-state index in [0.29, 0.717) is 30.3 Å². The van der Waals surface area contributed by atoms with Crippen LogP contribution in [0.3, 0.4) is 0 Å². The highest BCUT2D eigenvalue weighted by Gasteiger charge is 2.24. The van der Waals surface area contributed by atoms with E-state index in [1.54, 1.807) is 29.2 Å². The number of amides is 1. The first-order valence-electron chi connectivity index (χ1n) is 5.50. The highest BCUT2D eigenvalue weighted by Crippen LogP contribution is 2.23. The molecule has 0 saturated carbocycles. The molecule has 4 nitrogen and oxygen atoms in total. The summed E-state index contributed by atoms with van der Waals surface area (Å²) in [4.78, 5) is 13.3. The third-order valence-corrected chi connectivity index (χ3v) is 3.02. The Morgan fingerprint density at radius 2 is 2.29 bits per heavy atom. The van der Waals surface area contributed by atoms with Gasteiger partial charge in [-0.25, -0.2) is 0 Å². The van der Waals surface area contributed by atoms with Gasteiger partial charge in [-0.1, -0.05) is 23.7 Å². The summed E-state index contributed by atoms with van der Waals surface area (Å²) in [5, 5.41) is 9.81. The number of likely N-dealkylation sites (tertiary alicyclic amines) is 1. The van der Waals surface area contributed by atoms with Gasteiger partial charge in [0.25, 0.3) is 5.91 Å². The Labute approximate surface area is 105 Å². The summed E-state index contributed by atoms with van der Waals surface area (Å²) >= 11 is 5.90. The Bertz CT molecular complexity index is 410. The van der Waals surface area contributed by atoms with Gasteiger partial charge in [-0.3, -0.25) is 4.79 Å². The van der Waals surface area contributed by atoms with Crippen LogP contribution in [0.4, 0.5) is 0 Å². The smallest absolute Gasteiger partial charge is 0.260 e. The molecule has 1 N–H and O–H groups in total. The Kier molecular flexibility index (Phi) is 3.86. The second kappa shape index (κ2) is 5.38. The Morgan fingerprint density at radius 3 is 2.94 bits per heavy atom. The molecular formula is C12H14ClNO3. The normalized spacial score (nSPS) is 19.4. The molecule has 17 heavy (non-hydrogen) atoms. The molecule has 92 valence electrons. The molecular weight excluding hydrogens is 242 g/mol. The molecule has 0 aliphatic carbocycles. The second-order valence-corrected chi connectivity index (χ2v) is 4.41. The summed E-state index contributed by atoms with van der Waals surface area (Å²) in [5.74, 6) is 0.378. The second-order valence-electron chi connectivity index (χ2n) is 4.00. The van der Waals surface area contributed by atoms with Crippen LogP contribution in [-0.4, -0.2) is 41.7 Å². The van der Waals surface area contributed by atoms with Crippen molar-refractivity contribution in [3.8, 4) is 5.75 Å². The van der Waals surface area contributed by atoms with Gasteiger partial charge < -0.3 is 14.7 Å². The predicted octanol–water partition coefficient (Wildman–Crippen LogP) is 1.31.